The van der Waals surface area contributed by atoms with E-state index in [1.165, 1.54) is 24.3 Å². The highest BCUT2D eigenvalue weighted by molar-refractivity contribution is 5.78. The molecule has 0 bridgehead atoms. The Morgan fingerprint density at radius 2 is 1.87 bits per heavy atom. The zero-order valence-corrected chi connectivity index (χ0v) is 12.5. The summed E-state index contributed by atoms with van der Waals surface area (Å²) in [5, 5.41) is 12.1. The van der Waals surface area contributed by atoms with Crippen LogP contribution in [0.1, 0.15) is 18.4 Å². The fourth-order valence-corrected chi connectivity index (χ4v) is 2.35. The van der Waals surface area contributed by atoms with Crippen molar-refractivity contribution >= 4 is 5.91 Å². The van der Waals surface area contributed by atoms with Crippen LogP contribution in [0.5, 0.6) is 5.75 Å². The molecule has 0 unspecified atom stereocenters. The lowest BCUT2D eigenvalue weighted by molar-refractivity contribution is -0.274. The Hall–Kier alpha value is -1.80. The highest BCUT2D eigenvalue weighted by Crippen LogP contribution is 2.22. The largest absolute Gasteiger partial charge is 0.573 e. The second-order valence-corrected chi connectivity index (χ2v) is 5.48. The minimum Gasteiger partial charge on any atom is -0.406 e. The summed E-state index contributed by atoms with van der Waals surface area (Å²) in [6, 6.07) is 5.36. The standard InChI is InChI=1S/C15H19F3N2O3/c16-15(17,18)23-13-3-1-11(2-4-13)9-19-14(22)10-20-7-5-12(21)6-8-20/h1-4,12,21H,5-10H2,(H,19,22). The van der Waals surface area contributed by atoms with Gasteiger partial charge in [-0.1, -0.05) is 12.1 Å². The Morgan fingerprint density at radius 3 is 2.43 bits per heavy atom. The van der Waals surface area contributed by atoms with Crippen LogP contribution in [0.25, 0.3) is 0 Å². The van der Waals surface area contributed by atoms with Gasteiger partial charge in [0.25, 0.3) is 0 Å². The molecule has 128 valence electrons. The number of carbonyl (C=O) groups is 1. The van der Waals surface area contributed by atoms with E-state index < -0.39 is 6.36 Å². The quantitative estimate of drug-likeness (QED) is 0.861. The maximum absolute atomic E-state index is 12.0. The topological polar surface area (TPSA) is 61.8 Å². The molecule has 0 spiro atoms. The molecule has 0 aliphatic carbocycles. The number of benzene rings is 1. The fraction of sp³-hybridized carbons (Fsp3) is 0.533. The normalized spacial score (nSPS) is 17.0. The molecule has 1 fully saturated rings. The first-order chi connectivity index (χ1) is 10.8. The number of halogens is 3. The number of nitrogens with one attached hydrogen (secondary N) is 1. The lowest BCUT2D eigenvalue weighted by Gasteiger charge is -2.28. The Kier molecular flexibility index (Phi) is 5.84. The lowest BCUT2D eigenvalue weighted by Crippen LogP contribution is -2.42. The van der Waals surface area contributed by atoms with Gasteiger partial charge in [-0.15, -0.1) is 13.2 Å². The number of piperidine rings is 1. The van der Waals surface area contributed by atoms with Gasteiger partial charge >= 0.3 is 6.36 Å². The minimum atomic E-state index is -4.71. The summed E-state index contributed by atoms with van der Waals surface area (Å²) < 4.78 is 39.9. The van der Waals surface area contributed by atoms with Gasteiger partial charge in [0.1, 0.15) is 5.75 Å². The summed E-state index contributed by atoms with van der Waals surface area (Å²) >= 11 is 0. The van der Waals surface area contributed by atoms with Crippen molar-refractivity contribution in [2.24, 2.45) is 0 Å². The number of alkyl halides is 3. The number of hydrogen-bond donors (Lipinski definition) is 2. The van der Waals surface area contributed by atoms with E-state index in [1.807, 2.05) is 4.90 Å². The average molecular weight is 332 g/mol. The monoisotopic (exact) mass is 332 g/mol. The Balaban J connectivity index is 1.73. The predicted molar refractivity (Wildman–Crippen MR) is 76.7 cm³/mol. The first kappa shape index (κ1) is 17.6. The molecular formula is C15H19F3N2O3. The molecule has 1 aliphatic rings. The third-order valence-electron chi connectivity index (χ3n) is 3.57. The van der Waals surface area contributed by atoms with Crippen LogP contribution in [0.15, 0.2) is 24.3 Å². The molecule has 1 aromatic rings. The van der Waals surface area contributed by atoms with Crippen LogP contribution in [-0.4, -0.2) is 48.0 Å². The molecule has 2 N–H and O–H groups in total. The van der Waals surface area contributed by atoms with E-state index in [1.54, 1.807) is 0 Å². The third kappa shape index (κ3) is 6.45. The van der Waals surface area contributed by atoms with Gasteiger partial charge in [0.05, 0.1) is 12.6 Å². The molecule has 1 aliphatic heterocycles. The van der Waals surface area contributed by atoms with Gasteiger partial charge in [0.15, 0.2) is 0 Å². The van der Waals surface area contributed by atoms with Gasteiger partial charge in [-0.05, 0) is 30.5 Å². The SMILES string of the molecule is O=C(CN1CCC(O)CC1)NCc1ccc(OC(F)(F)F)cc1. The number of hydrogen-bond acceptors (Lipinski definition) is 4. The first-order valence-corrected chi connectivity index (χ1v) is 7.33. The van der Waals surface area contributed by atoms with Crippen molar-refractivity contribution in [3.05, 3.63) is 29.8 Å². The molecule has 1 heterocycles. The van der Waals surface area contributed by atoms with Crippen molar-refractivity contribution in [2.75, 3.05) is 19.6 Å². The molecule has 1 saturated heterocycles. The summed E-state index contributed by atoms with van der Waals surface area (Å²) in [5.74, 6) is -0.448. The highest BCUT2D eigenvalue weighted by atomic mass is 19.4. The van der Waals surface area contributed by atoms with Crippen LogP contribution in [-0.2, 0) is 11.3 Å². The maximum atomic E-state index is 12.0. The van der Waals surface area contributed by atoms with E-state index >= 15 is 0 Å². The Morgan fingerprint density at radius 1 is 1.26 bits per heavy atom. The van der Waals surface area contributed by atoms with Crippen molar-refractivity contribution in [2.45, 2.75) is 31.9 Å². The minimum absolute atomic E-state index is 0.156. The number of aliphatic hydroxyl groups is 1. The maximum Gasteiger partial charge on any atom is 0.573 e. The van der Waals surface area contributed by atoms with Crippen LogP contribution < -0.4 is 10.1 Å². The third-order valence-corrected chi connectivity index (χ3v) is 3.57. The molecule has 0 atom stereocenters. The summed E-state index contributed by atoms with van der Waals surface area (Å²) in [5.41, 5.74) is 0.682. The molecule has 2 rings (SSSR count). The number of ether oxygens (including phenoxy) is 1. The van der Waals surface area contributed by atoms with Crippen molar-refractivity contribution in [3.63, 3.8) is 0 Å². The van der Waals surface area contributed by atoms with Gasteiger partial charge in [0, 0.05) is 19.6 Å². The predicted octanol–water partition coefficient (Wildman–Crippen LogP) is 1.66. The van der Waals surface area contributed by atoms with E-state index in [0.717, 1.165) is 0 Å². The molecule has 0 saturated carbocycles. The zero-order chi connectivity index (χ0) is 16.9. The van der Waals surface area contributed by atoms with E-state index in [-0.39, 0.29) is 30.9 Å². The second-order valence-electron chi connectivity index (χ2n) is 5.48. The number of carbonyl (C=O) groups excluding carboxylic acids is 1. The first-order valence-electron chi connectivity index (χ1n) is 7.33. The van der Waals surface area contributed by atoms with Gasteiger partial charge in [-0.25, -0.2) is 0 Å². The van der Waals surface area contributed by atoms with Crippen molar-refractivity contribution in [1.82, 2.24) is 10.2 Å². The summed E-state index contributed by atoms with van der Waals surface area (Å²) in [6.45, 7) is 1.85. The van der Waals surface area contributed by atoms with Gasteiger partial charge in [0.2, 0.25) is 5.91 Å². The number of aliphatic hydroxyl groups excluding tert-OH is 1. The summed E-state index contributed by atoms with van der Waals surface area (Å²) in [6.07, 6.45) is -3.67. The molecule has 8 heteroatoms. The van der Waals surface area contributed by atoms with Gasteiger partial charge in [-0.3, -0.25) is 9.69 Å². The van der Waals surface area contributed by atoms with Crippen LogP contribution >= 0.6 is 0 Å². The highest BCUT2D eigenvalue weighted by Gasteiger charge is 2.30. The summed E-state index contributed by atoms with van der Waals surface area (Å²) in [7, 11) is 0. The second kappa shape index (κ2) is 7.65. The van der Waals surface area contributed by atoms with Crippen LogP contribution in [0.4, 0.5) is 13.2 Å². The van der Waals surface area contributed by atoms with Crippen molar-refractivity contribution in [1.29, 1.82) is 0 Å². The molecule has 0 aromatic heterocycles. The van der Waals surface area contributed by atoms with Gasteiger partial charge < -0.3 is 15.2 Å². The molecule has 1 aromatic carbocycles. The Bertz CT molecular complexity index is 512. The zero-order valence-electron chi connectivity index (χ0n) is 12.5. The average Bonchev–Trinajstić information content (AvgIpc) is 2.47. The smallest absolute Gasteiger partial charge is 0.406 e. The molecule has 0 radical (unpaired) electrons. The van der Waals surface area contributed by atoms with Crippen LogP contribution in [0.3, 0.4) is 0 Å². The molecular weight excluding hydrogens is 313 g/mol. The van der Waals surface area contributed by atoms with Crippen LogP contribution in [0, 0.1) is 0 Å². The summed E-state index contributed by atoms with van der Waals surface area (Å²) in [4.78, 5) is 13.8. The molecule has 1 amide bonds. The van der Waals surface area contributed by atoms with E-state index in [4.69, 9.17) is 0 Å². The van der Waals surface area contributed by atoms with Crippen molar-refractivity contribution in [3.8, 4) is 5.75 Å². The van der Waals surface area contributed by atoms with E-state index in [9.17, 15) is 23.1 Å². The van der Waals surface area contributed by atoms with E-state index in [2.05, 4.69) is 10.1 Å². The Labute approximate surface area is 132 Å². The number of amides is 1. The number of likely N-dealkylation sites (tertiary alicyclic amines) is 1. The molecule has 23 heavy (non-hydrogen) atoms. The van der Waals surface area contributed by atoms with Crippen molar-refractivity contribution < 1.29 is 27.8 Å². The molecule has 5 nitrogen and oxygen atoms in total. The van der Waals surface area contributed by atoms with E-state index in [0.29, 0.717) is 31.5 Å². The fourth-order valence-electron chi connectivity index (χ4n) is 2.35. The van der Waals surface area contributed by atoms with Gasteiger partial charge in [-0.2, -0.15) is 0 Å². The number of rotatable bonds is 5. The number of nitrogens with zero attached hydrogens (tertiary/aromatic N) is 1. The lowest BCUT2D eigenvalue weighted by atomic mass is 10.1. The van der Waals surface area contributed by atoms with Crippen LogP contribution in [0.2, 0.25) is 0 Å².